The van der Waals surface area contributed by atoms with E-state index >= 15 is 0 Å². The molecule has 0 bridgehead atoms. The monoisotopic (exact) mass is 155 g/mol. The Morgan fingerprint density at radius 3 is 2.82 bits per heavy atom. The van der Waals surface area contributed by atoms with Crippen molar-refractivity contribution in [3.8, 4) is 0 Å². The first-order chi connectivity index (χ1) is 5.22. The quantitative estimate of drug-likeness (QED) is 0.696. The highest BCUT2D eigenvalue weighted by molar-refractivity contribution is 4.85. The van der Waals surface area contributed by atoms with Gasteiger partial charge in [0.1, 0.15) is 0 Å². The fraction of sp³-hybridized carbons (Fsp3) is 0.714. The maximum Gasteiger partial charge on any atom is 0.228 e. The van der Waals surface area contributed by atoms with Crippen molar-refractivity contribution in [3.05, 3.63) is 11.7 Å². The summed E-state index contributed by atoms with van der Waals surface area (Å²) in [5.41, 5.74) is 5.69. The third kappa shape index (κ3) is 2.31. The fourth-order valence-corrected chi connectivity index (χ4v) is 0.792. The first-order valence-electron chi connectivity index (χ1n) is 3.77. The Morgan fingerprint density at radius 1 is 1.64 bits per heavy atom. The van der Waals surface area contributed by atoms with Crippen LogP contribution in [0.4, 0.5) is 0 Å². The molecule has 1 aromatic heterocycles. The predicted molar refractivity (Wildman–Crippen MR) is 41.0 cm³/mol. The molecule has 2 N–H and O–H groups in total. The molecule has 0 amide bonds. The van der Waals surface area contributed by atoms with Crippen LogP contribution < -0.4 is 5.73 Å². The Balaban J connectivity index is 2.50. The van der Waals surface area contributed by atoms with E-state index in [0.717, 1.165) is 6.42 Å². The van der Waals surface area contributed by atoms with Gasteiger partial charge < -0.3 is 10.3 Å². The average molecular weight is 155 g/mol. The van der Waals surface area contributed by atoms with Gasteiger partial charge in [-0.15, -0.1) is 0 Å². The lowest BCUT2D eigenvalue weighted by Crippen LogP contribution is -2.21. The van der Waals surface area contributed by atoms with E-state index in [4.69, 9.17) is 10.3 Å². The molecule has 0 spiro atoms. The van der Waals surface area contributed by atoms with Gasteiger partial charge in [-0.1, -0.05) is 12.1 Å². The zero-order chi connectivity index (χ0) is 8.27. The number of nitrogens with two attached hydrogens (primary N) is 1. The van der Waals surface area contributed by atoms with Gasteiger partial charge in [-0.05, 0) is 13.3 Å². The minimum atomic E-state index is 0.134. The summed E-state index contributed by atoms with van der Waals surface area (Å²) < 4.78 is 4.90. The molecule has 0 aliphatic heterocycles. The number of hydrogen-bond acceptors (Lipinski definition) is 4. The summed E-state index contributed by atoms with van der Waals surface area (Å²) in [7, 11) is 0. The van der Waals surface area contributed by atoms with Crippen LogP contribution in [0.15, 0.2) is 4.52 Å². The third-order valence-corrected chi connectivity index (χ3v) is 1.53. The highest BCUT2D eigenvalue weighted by Crippen LogP contribution is 2.00. The molecule has 1 aromatic rings. The molecule has 1 atom stereocenters. The Morgan fingerprint density at radius 2 is 2.36 bits per heavy atom. The van der Waals surface area contributed by atoms with Crippen LogP contribution in [0.1, 0.15) is 25.1 Å². The summed E-state index contributed by atoms with van der Waals surface area (Å²) in [6.07, 6.45) is 1.61. The lowest BCUT2D eigenvalue weighted by atomic mass is 10.2. The van der Waals surface area contributed by atoms with Crippen molar-refractivity contribution < 1.29 is 4.52 Å². The normalized spacial score (nSPS) is 13.4. The van der Waals surface area contributed by atoms with Crippen LogP contribution >= 0.6 is 0 Å². The molecular weight excluding hydrogens is 142 g/mol. The van der Waals surface area contributed by atoms with E-state index in [-0.39, 0.29) is 6.04 Å². The number of aryl methyl sites for hydroxylation is 1. The van der Waals surface area contributed by atoms with Crippen LogP contribution in [-0.4, -0.2) is 16.2 Å². The second-order valence-corrected chi connectivity index (χ2v) is 2.61. The molecular formula is C7H13N3O. The van der Waals surface area contributed by atoms with Crippen molar-refractivity contribution in [1.29, 1.82) is 0 Å². The van der Waals surface area contributed by atoms with Gasteiger partial charge in [0.05, 0.1) is 0 Å². The van der Waals surface area contributed by atoms with Gasteiger partial charge >= 0.3 is 0 Å². The molecule has 4 nitrogen and oxygen atoms in total. The minimum Gasteiger partial charge on any atom is -0.339 e. The van der Waals surface area contributed by atoms with Crippen molar-refractivity contribution in [1.82, 2.24) is 10.1 Å². The molecule has 4 heteroatoms. The molecule has 0 aromatic carbocycles. The van der Waals surface area contributed by atoms with E-state index in [1.165, 1.54) is 0 Å². The summed E-state index contributed by atoms with van der Waals surface area (Å²) in [5.74, 6) is 1.31. The first-order valence-corrected chi connectivity index (χ1v) is 3.77. The number of hydrogen-bond donors (Lipinski definition) is 1. The minimum absolute atomic E-state index is 0.134. The van der Waals surface area contributed by atoms with Crippen molar-refractivity contribution in [2.75, 3.05) is 0 Å². The molecule has 0 aliphatic carbocycles. The van der Waals surface area contributed by atoms with Crippen LogP contribution in [0, 0.1) is 6.92 Å². The Bertz CT molecular complexity index is 221. The molecule has 0 aliphatic rings. The van der Waals surface area contributed by atoms with E-state index in [9.17, 15) is 0 Å². The van der Waals surface area contributed by atoms with E-state index in [0.29, 0.717) is 18.1 Å². The summed E-state index contributed by atoms with van der Waals surface area (Å²) >= 11 is 0. The SMILES string of the molecule is CCC(N)Cc1nc(C)no1. The average Bonchev–Trinajstić information content (AvgIpc) is 2.35. The Labute approximate surface area is 65.8 Å². The zero-order valence-corrected chi connectivity index (χ0v) is 6.87. The van der Waals surface area contributed by atoms with Crippen LogP contribution in [0.5, 0.6) is 0 Å². The topological polar surface area (TPSA) is 64.9 Å². The lowest BCUT2D eigenvalue weighted by molar-refractivity contribution is 0.364. The van der Waals surface area contributed by atoms with Gasteiger partial charge in [-0.2, -0.15) is 4.98 Å². The predicted octanol–water partition coefficient (Wildman–Crippen LogP) is 0.658. The summed E-state index contributed by atoms with van der Waals surface area (Å²) in [4.78, 5) is 4.04. The number of rotatable bonds is 3. The molecule has 0 saturated heterocycles. The van der Waals surface area contributed by atoms with Gasteiger partial charge in [-0.25, -0.2) is 0 Å². The van der Waals surface area contributed by atoms with E-state index < -0.39 is 0 Å². The second kappa shape index (κ2) is 3.48. The maximum atomic E-state index is 5.69. The lowest BCUT2D eigenvalue weighted by Gasteiger charge is -2.02. The van der Waals surface area contributed by atoms with Crippen LogP contribution in [0.3, 0.4) is 0 Å². The zero-order valence-electron chi connectivity index (χ0n) is 6.87. The summed E-state index contributed by atoms with van der Waals surface area (Å²) in [6, 6.07) is 0.134. The molecule has 0 fully saturated rings. The highest BCUT2D eigenvalue weighted by Gasteiger charge is 2.06. The van der Waals surface area contributed by atoms with Crippen molar-refractivity contribution in [2.45, 2.75) is 32.7 Å². The molecule has 1 rings (SSSR count). The van der Waals surface area contributed by atoms with E-state index in [1.54, 1.807) is 6.92 Å². The highest BCUT2D eigenvalue weighted by atomic mass is 16.5. The molecule has 1 heterocycles. The van der Waals surface area contributed by atoms with E-state index in [1.807, 2.05) is 6.92 Å². The molecule has 0 saturated carbocycles. The Kier molecular flexibility index (Phi) is 2.59. The summed E-state index contributed by atoms with van der Waals surface area (Å²) in [5, 5.41) is 3.66. The van der Waals surface area contributed by atoms with Crippen LogP contribution in [-0.2, 0) is 6.42 Å². The fourth-order valence-electron chi connectivity index (χ4n) is 0.792. The second-order valence-electron chi connectivity index (χ2n) is 2.61. The largest absolute Gasteiger partial charge is 0.339 e. The van der Waals surface area contributed by atoms with Gasteiger partial charge in [0.2, 0.25) is 5.89 Å². The van der Waals surface area contributed by atoms with Crippen molar-refractivity contribution in [2.24, 2.45) is 5.73 Å². The van der Waals surface area contributed by atoms with E-state index in [2.05, 4.69) is 10.1 Å². The first kappa shape index (κ1) is 8.20. The number of nitrogens with zero attached hydrogens (tertiary/aromatic N) is 2. The number of aromatic nitrogens is 2. The van der Waals surface area contributed by atoms with Gasteiger partial charge in [0.15, 0.2) is 5.82 Å². The van der Waals surface area contributed by atoms with Gasteiger partial charge in [0.25, 0.3) is 0 Å². The van der Waals surface area contributed by atoms with Gasteiger partial charge in [0, 0.05) is 12.5 Å². The van der Waals surface area contributed by atoms with Crippen molar-refractivity contribution in [3.63, 3.8) is 0 Å². The van der Waals surface area contributed by atoms with Crippen LogP contribution in [0.25, 0.3) is 0 Å². The smallest absolute Gasteiger partial charge is 0.228 e. The molecule has 1 unspecified atom stereocenters. The maximum absolute atomic E-state index is 5.69. The third-order valence-electron chi connectivity index (χ3n) is 1.53. The molecule has 62 valence electrons. The Hall–Kier alpha value is -0.900. The van der Waals surface area contributed by atoms with Gasteiger partial charge in [-0.3, -0.25) is 0 Å². The molecule has 11 heavy (non-hydrogen) atoms. The summed E-state index contributed by atoms with van der Waals surface area (Å²) in [6.45, 7) is 3.83. The van der Waals surface area contributed by atoms with Crippen LogP contribution in [0.2, 0.25) is 0 Å². The molecule has 0 radical (unpaired) electrons. The van der Waals surface area contributed by atoms with Crippen molar-refractivity contribution >= 4 is 0 Å². The standard InChI is InChI=1S/C7H13N3O/c1-3-6(8)4-7-9-5(2)10-11-7/h6H,3-4,8H2,1-2H3.